The van der Waals surface area contributed by atoms with Crippen LogP contribution in [-0.4, -0.2) is 35.6 Å². The number of rotatable bonds is 7. The minimum atomic E-state index is -0.261. The summed E-state index contributed by atoms with van der Waals surface area (Å²) in [6.45, 7) is 5.44. The van der Waals surface area contributed by atoms with Crippen molar-refractivity contribution in [2.75, 3.05) is 23.1 Å². The highest BCUT2D eigenvalue weighted by Crippen LogP contribution is 2.31. The van der Waals surface area contributed by atoms with Gasteiger partial charge in [-0.25, -0.2) is 4.99 Å². The predicted molar refractivity (Wildman–Crippen MR) is 149 cm³/mol. The van der Waals surface area contributed by atoms with E-state index in [1.54, 1.807) is 42.4 Å². The van der Waals surface area contributed by atoms with Gasteiger partial charge in [0, 0.05) is 11.3 Å². The molecule has 0 bridgehead atoms. The Morgan fingerprint density at radius 1 is 1.00 bits per heavy atom. The number of aryl methyl sites for hydroxylation is 2. The molecule has 1 heterocycles. The van der Waals surface area contributed by atoms with Gasteiger partial charge < -0.3 is 10.1 Å². The first kappa shape index (κ1) is 25.9. The second-order valence-electron chi connectivity index (χ2n) is 8.65. The molecule has 3 aromatic carbocycles. The van der Waals surface area contributed by atoms with E-state index in [1.165, 1.54) is 18.7 Å². The molecule has 7 nitrogen and oxygen atoms in total. The Labute approximate surface area is 220 Å². The van der Waals surface area contributed by atoms with Crippen LogP contribution in [0.4, 0.5) is 11.4 Å². The average molecular weight is 514 g/mol. The maximum absolute atomic E-state index is 13.5. The van der Waals surface area contributed by atoms with Gasteiger partial charge in [-0.05, 0) is 92.1 Å². The number of ether oxygens (including phenoxy) is 1. The minimum Gasteiger partial charge on any atom is -0.497 e. The Morgan fingerprint density at radius 3 is 2.24 bits per heavy atom. The summed E-state index contributed by atoms with van der Waals surface area (Å²) in [6, 6.07) is 19.9. The molecule has 0 fully saturated rings. The second kappa shape index (κ2) is 11.3. The summed E-state index contributed by atoms with van der Waals surface area (Å²) in [5.41, 5.74) is 5.00. The molecule has 0 saturated heterocycles. The second-order valence-corrected chi connectivity index (χ2v) is 9.60. The summed E-state index contributed by atoms with van der Waals surface area (Å²) >= 11 is 1.19. The van der Waals surface area contributed by atoms with Crippen molar-refractivity contribution in [1.82, 2.24) is 0 Å². The lowest BCUT2D eigenvalue weighted by atomic mass is 10.1. The molecule has 0 aromatic heterocycles. The molecule has 0 saturated carbocycles. The number of methoxy groups -OCH3 is 1. The first-order valence-corrected chi connectivity index (χ1v) is 12.6. The summed E-state index contributed by atoms with van der Waals surface area (Å²) in [5.74, 6) is 0.227. The number of thioether (sulfide) groups is 1. The predicted octanol–water partition coefficient (Wildman–Crippen LogP) is 5.63. The number of carbonyl (C=O) groups is 3. The normalized spacial score (nSPS) is 14.1. The van der Waals surface area contributed by atoms with E-state index in [2.05, 4.69) is 10.3 Å². The van der Waals surface area contributed by atoms with E-state index in [1.807, 2.05) is 56.3 Å². The Hall–Kier alpha value is -4.17. The third-order valence-electron chi connectivity index (χ3n) is 5.62. The molecule has 0 unspecified atom stereocenters. The lowest BCUT2D eigenvalue weighted by molar-refractivity contribution is -0.114. The van der Waals surface area contributed by atoms with Crippen molar-refractivity contribution < 1.29 is 19.1 Å². The molecule has 0 atom stereocenters. The zero-order valence-electron chi connectivity index (χ0n) is 21.1. The molecule has 1 N–H and O–H groups in total. The smallest absolute Gasteiger partial charge is 0.283 e. The van der Waals surface area contributed by atoms with Crippen molar-refractivity contribution in [3.8, 4) is 5.75 Å². The van der Waals surface area contributed by atoms with E-state index in [-0.39, 0.29) is 29.0 Å². The number of ketones is 1. The molecule has 37 heavy (non-hydrogen) atoms. The summed E-state index contributed by atoms with van der Waals surface area (Å²) in [4.78, 5) is 43.8. The fourth-order valence-electron chi connectivity index (χ4n) is 3.87. The lowest BCUT2D eigenvalue weighted by Gasteiger charge is -2.19. The van der Waals surface area contributed by atoms with Crippen molar-refractivity contribution in [3.05, 3.63) is 94.7 Å². The van der Waals surface area contributed by atoms with Gasteiger partial charge >= 0.3 is 0 Å². The Bertz CT molecular complexity index is 1390. The highest BCUT2D eigenvalue weighted by molar-refractivity contribution is 8.14. The quantitative estimate of drug-likeness (QED) is 0.327. The van der Waals surface area contributed by atoms with E-state index in [0.717, 1.165) is 22.4 Å². The SMILES string of the molecule is COc1ccc(/C=C2\N=C(SCC(=O)Nc3ccc(C(C)=O)cc3)N(c3cc(C)cc(C)c3)C2=O)cc1. The first-order chi connectivity index (χ1) is 17.7. The summed E-state index contributed by atoms with van der Waals surface area (Å²) in [7, 11) is 1.60. The summed E-state index contributed by atoms with van der Waals surface area (Å²) in [5, 5.41) is 3.25. The number of anilines is 2. The molecule has 0 spiro atoms. The molecule has 0 radical (unpaired) electrons. The van der Waals surface area contributed by atoms with Gasteiger partial charge in [-0.15, -0.1) is 0 Å². The van der Waals surface area contributed by atoms with Gasteiger partial charge in [-0.1, -0.05) is 30.0 Å². The molecule has 1 aliphatic heterocycles. The van der Waals surface area contributed by atoms with Gasteiger partial charge in [-0.2, -0.15) is 0 Å². The molecular formula is C29H27N3O4S. The van der Waals surface area contributed by atoms with Crippen LogP contribution in [-0.2, 0) is 9.59 Å². The number of carbonyl (C=O) groups excluding carboxylic acids is 3. The van der Waals surface area contributed by atoms with E-state index < -0.39 is 0 Å². The zero-order valence-corrected chi connectivity index (χ0v) is 21.9. The van der Waals surface area contributed by atoms with Crippen molar-refractivity contribution in [1.29, 1.82) is 0 Å². The monoisotopic (exact) mass is 513 g/mol. The molecule has 2 amide bonds. The van der Waals surface area contributed by atoms with Crippen LogP contribution in [0.15, 0.2) is 77.4 Å². The molecule has 1 aliphatic rings. The van der Waals surface area contributed by atoms with Crippen LogP contribution >= 0.6 is 11.8 Å². The van der Waals surface area contributed by atoms with E-state index in [4.69, 9.17) is 4.74 Å². The molecule has 8 heteroatoms. The number of Topliss-reactive ketones (excluding diaryl/α,β-unsaturated/α-hetero) is 1. The Morgan fingerprint density at radius 2 is 1.65 bits per heavy atom. The fourth-order valence-corrected chi connectivity index (χ4v) is 4.69. The maximum atomic E-state index is 13.5. The average Bonchev–Trinajstić information content (AvgIpc) is 3.17. The van der Waals surface area contributed by atoms with Gasteiger partial charge in [0.05, 0.1) is 18.6 Å². The fraction of sp³-hybridized carbons (Fsp3) is 0.172. The topological polar surface area (TPSA) is 88.1 Å². The van der Waals surface area contributed by atoms with Crippen LogP contribution < -0.4 is 15.0 Å². The minimum absolute atomic E-state index is 0.0395. The van der Waals surface area contributed by atoms with Gasteiger partial charge in [-0.3, -0.25) is 19.3 Å². The van der Waals surface area contributed by atoms with Crippen LogP contribution in [0.25, 0.3) is 6.08 Å². The highest BCUT2D eigenvalue weighted by Gasteiger charge is 2.32. The molecular weight excluding hydrogens is 486 g/mol. The Balaban J connectivity index is 1.56. The van der Waals surface area contributed by atoms with Crippen molar-refractivity contribution in [2.24, 2.45) is 4.99 Å². The van der Waals surface area contributed by atoms with Gasteiger partial charge in [0.2, 0.25) is 5.91 Å². The zero-order chi connectivity index (χ0) is 26.5. The number of amides is 2. The van der Waals surface area contributed by atoms with Crippen LogP contribution in [0.1, 0.15) is 34.0 Å². The standard InChI is InChI=1S/C29H27N3O4S/c1-18-13-19(2)15-24(14-18)32-28(35)26(16-21-5-11-25(36-4)12-6-21)31-29(32)37-17-27(34)30-23-9-7-22(8-10-23)20(3)33/h5-16H,17H2,1-4H3,(H,30,34)/b26-16-. The third-order valence-corrected chi connectivity index (χ3v) is 6.56. The van der Waals surface area contributed by atoms with E-state index >= 15 is 0 Å². The number of benzene rings is 3. The number of hydrogen-bond donors (Lipinski definition) is 1. The molecule has 188 valence electrons. The molecule has 4 rings (SSSR count). The maximum Gasteiger partial charge on any atom is 0.283 e. The number of hydrogen-bond acceptors (Lipinski definition) is 6. The number of aliphatic imine (C=N–C) groups is 1. The van der Waals surface area contributed by atoms with Gasteiger partial charge in [0.25, 0.3) is 5.91 Å². The number of nitrogens with one attached hydrogen (secondary N) is 1. The van der Waals surface area contributed by atoms with Crippen molar-refractivity contribution >= 4 is 52.0 Å². The van der Waals surface area contributed by atoms with Crippen LogP contribution in [0, 0.1) is 13.8 Å². The Kier molecular flexibility index (Phi) is 7.89. The molecule has 3 aromatic rings. The number of nitrogens with zero attached hydrogens (tertiary/aromatic N) is 2. The van der Waals surface area contributed by atoms with E-state index in [0.29, 0.717) is 22.1 Å². The number of amidine groups is 1. The highest BCUT2D eigenvalue weighted by atomic mass is 32.2. The largest absolute Gasteiger partial charge is 0.497 e. The van der Waals surface area contributed by atoms with Crippen LogP contribution in [0.5, 0.6) is 5.75 Å². The lowest BCUT2D eigenvalue weighted by Crippen LogP contribution is -2.31. The van der Waals surface area contributed by atoms with Gasteiger partial charge in [0.1, 0.15) is 11.4 Å². The first-order valence-electron chi connectivity index (χ1n) is 11.6. The van der Waals surface area contributed by atoms with Crippen molar-refractivity contribution in [2.45, 2.75) is 20.8 Å². The molecule has 0 aliphatic carbocycles. The van der Waals surface area contributed by atoms with Crippen molar-refractivity contribution in [3.63, 3.8) is 0 Å². The summed E-state index contributed by atoms with van der Waals surface area (Å²) < 4.78 is 5.21. The van der Waals surface area contributed by atoms with Crippen LogP contribution in [0.2, 0.25) is 0 Å². The summed E-state index contributed by atoms with van der Waals surface area (Å²) in [6.07, 6.45) is 1.72. The van der Waals surface area contributed by atoms with Crippen LogP contribution in [0.3, 0.4) is 0 Å². The van der Waals surface area contributed by atoms with Gasteiger partial charge in [0.15, 0.2) is 11.0 Å². The third kappa shape index (κ3) is 6.34. The van der Waals surface area contributed by atoms with E-state index in [9.17, 15) is 14.4 Å².